The van der Waals surface area contributed by atoms with Crippen LogP contribution in [0.1, 0.15) is 24.0 Å². The summed E-state index contributed by atoms with van der Waals surface area (Å²) in [6, 6.07) is 11.0. The first-order valence-electron chi connectivity index (χ1n) is 9.25. The number of benzene rings is 2. The van der Waals surface area contributed by atoms with E-state index in [1.807, 2.05) is 36.0 Å². The monoisotopic (exact) mass is 407 g/mol. The van der Waals surface area contributed by atoms with Crippen LogP contribution in [0.4, 0.5) is 5.69 Å². The molecule has 0 bridgehead atoms. The van der Waals surface area contributed by atoms with Gasteiger partial charge in [-0.25, -0.2) is 0 Å². The summed E-state index contributed by atoms with van der Waals surface area (Å²) in [6.45, 7) is 1.60. The number of imide groups is 1. The summed E-state index contributed by atoms with van der Waals surface area (Å²) in [6.07, 6.45) is 2.01. The molecule has 2 aliphatic rings. The Balaban J connectivity index is 1.82. The Morgan fingerprint density at radius 2 is 2.07 bits per heavy atom. The molecule has 0 radical (unpaired) electrons. The predicted octanol–water partition coefficient (Wildman–Crippen LogP) is 3.74. The maximum Gasteiger partial charge on any atom is 0.259 e. The van der Waals surface area contributed by atoms with Crippen molar-refractivity contribution >= 4 is 40.0 Å². The lowest BCUT2D eigenvalue weighted by molar-refractivity contribution is -0.139. The fourth-order valence-corrected chi connectivity index (χ4v) is 4.61. The van der Waals surface area contributed by atoms with E-state index in [1.165, 1.54) is 17.9 Å². The molecular weight excluding hydrogens is 390 g/mol. The van der Waals surface area contributed by atoms with E-state index in [0.29, 0.717) is 11.3 Å². The molecule has 5 rings (SSSR count). The number of nitrogens with zero attached hydrogens (tertiary/aromatic N) is 2. The molecule has 2 N–H and O–H groups in total. The number of aromatic nitrogens is 1. The molecule has 6 nitrogen and oxygen atoms in total. The van der Waals surface area contributed by atoms with Crippen LogP contribution in [-0.2, 0) is 16.6 Å². The molecule has 2 aromatic carbocycles. The highest BCUT2D eigenvalue weighted by molar-refractivity contribution is 6.32. The lowest BCUT2D eigenvalue weighted by atomic mass is 9.84. The molecule has 2 aliphatic heterocycles. The van der Waals surface area contributed by atoms with Crippen LogP contribution >= 0.6 is 11.6 Å². The number of phenols is 1. The van der Waals surface area contributed by atoms with Crippen molar-refractivity contribution in [3.05, 3.63) is 70.0 Å². The van der Waals surface area contributed by atoms with Crippen LogP contribution in [0, 0.1) is 0 Å². The zero-order chi connectivity index (χ0) is 20.4. The zero-order valence-corrected chi connectivity index (χ0v) is 16.6. The summed E-state index contributed by atoms with van der Waals surface area (Å²) >= 11 is 6.20. The van der Waals surface area contributed by atoms with E-state index in [1.54, 1.807) is 12.1 Å². The first kappa shape index (κ1) is 17.8. The largest absolute Gasteiger partial charge is 0.506 e. The Bertz CT molecular complexity index is 1260. The zero-order valence-electron chi connectivity index (χ0n) is 15.9. The van der Waals surface area contributed by atoms with Crippen molar-refractivity contribution in [1.29, 1.82) is 0 Å². The van der Waals surface area contributed by atoms with Crippen molar-refractivity contribution in [2.45, 2.75) is 12.8 Å². The number of anilines is 1. The fourth-order valence-electron chi connectivity index (χ4n) is 4.42. The van der Waals surface area contributed by atoms with Gasteiger partial charge in [0, 0.05) is 42.9 Å². The molecule has 0 unspecified atom stereocenters. The van der Waals surface area contributed by atoms with Gasteiger partial charge in [-0.1, -0.05) is 23.7 Å². The first-order valence-corrected chi connectivity index (χ1v) is 9.63. The van der Waals surface area contributed by atoms with E-state index < -0.39 is 5.92 Å². The number of rotatable bonds is 1. The lowest BCUT2D eigenvalue weighted by Crippen LogP contribution is -2.33. The first-order chi connectivity index (χ1) is 13.9. The van der Waals surface area contributed by atoms with Crippen molar-refractivity contribution < 1.29 is 14.7 Å². The Hall–Kier alpha value is -3.25. The molecule has 0 saturated carbocycles. The molecule has 29 heavy (non-hydrogen) atoms. The minimum Gasteiger partial charge on any atom is -0.506 e. The molecule has 7 heteroatoms. The molecule has 0 fully saturated rings. The number of hydrogen-bond acceptors (Lipinski definition) is 4. The van der Waals surface area contributed by atoms with Gasteiger partial charge in [0.1, 0.15) is 5.75 Å². The van der Waals surface area contributed by atoms with Crippen molar-refractivity contribution in [3.63, 3.8) is 0 Å². The van der Waals surface area contributed by atoms with Gasteiger partial charge >= 0.3 is 0 Å². The van der Waals surface area contributed by atoms with E-state index >= 15 is 0 Å². The highest BCUT2D eigenvalue weighted by atomic mass is 35.5. The SMILES string of the molecule is CC(=O)N1CC2=C(C1=O)[C@@H](c1ccc(O)c(Cl)c1)c1cn(C)c3cccc(c13)N2. The molecule has 1 atom stereocenters. The number of nitrogens with one attached hydrogen (secondary N) is 1. The third-order valence-electron chi connectivity index (χ3n) is 5.73. The van der Waals surface area contributed by atoms with Gasteiger partial charge < -0.3 is 15.0 Å². The molecule has 3 aromatic rings. The van der Waals surface area contributed by atoms with E-state index in [4.69, 9.17) is 11.6 Å². The van der Waals surface area contributed by atoms with Crippen LogP contribution in [0.15, 0.2) is 53.9 Å². The van der Waals surface area contributed by atoms with Crippen LogP contribution in [0.5, 0.6) is 5.75 Å². The average molecular weight is 408 g/mol. The van der Waals surface area contributed by atoms with Crippen molar-refractivity contribution in [2.24, 2.45) is 7.05 Å². The summed E-state index contributed by atoms with van der Waals surface area (Å²) in [4.78, 5) is 26.6. The lowest BCUT2D eigenvalue weighted by Gasteiger charge is -2.20. The van der Waals surface area contributed by atoms with Gasteiger partial charge in [-0.3, -0.25) is 14.5 Å². The Morgan fingerprint density at radius 3 is 2.79 bits per heavy atom. The van der Waals surface area contributed by atoms with Gasteiger partial charge in [0.15, 0.2) is 0 Å². The van der Waals surface area contributed by atoms with Gasteiger partial charge in [-0.05, 0) is 35.4 Å². The third-order valence-corrected chi connectivity index (χ3v) is 6.03. The molecular formula is C22H18ClN3O3. The van der Waals surface area contributed by atoms with Crippen LogP contribution in [0.25, 0.3) is 10.9 Å². The predicted molar refractivity (Wildman–Crippen MR) is 111 cm³/mol. The van der Waals surface area contributed by atoms with Crippen LogP contribution in [0.2, 0.25) is 5.02 Å². The Morgan fingerprint density at radius 1 is 1.28 bits per heavy atom. The minimum atomic E-state index is -0.417. The molecule has 0 saturated heterocycles. The van der Waals surface area contributed by atoms with Crippen molar-refractivity contribution in [1.82, 2.24) is 9.47 Å². The molecule has 3 heterocycles. The maximum atomic E-state index is 13.3. The van der Waals surface area contributed by atoms with Gasteiger partial charge in [0.05, 0.1) is 22.7 Å². The highest BCUT2D eigenvalue weighted by Crippen LogP contribution is 2.47. The Kier molecular flexibility index (Phi) is 3.76. The number of carbonyl (C=O) groups is 2. The molecule has 0 spiro atoms. The number of phenolic OH excluding ortho intramolecular Hbond substituents is 1. The quantitative estimate of drug-likeness (QED) is 0.644. The topological polar surface area (TPSA) is 74.6 Å². The van der Waals surface area contributed by atoms with Crippen LogP contribution in [0.3, 0.4) is 0 Å². The molecule has 146 valence electrons. The summed E-state index contributed by atoms with van der Waals surface area (Å²) in [5.41, 5.74) is 4.92. The molecule has 1 aromatic heterocycles. The van der Waals surface area contributed by atoms with E-state index in [-0.39, 0.29) is 29.1 Å². The van der Waals surface area contributed by atoms with Crippen LogP contribution < -0.4 is 5.32 Å². The van der Waals surface area contributed by atoms with E-state index in [9.17, 15) is 14.7 Å². The van der Waals surface area contributed by atoms with Gasteiger partial charge in [-0.2, -0.15) is 0 Å². The minimum absolute atomic E-state index is 0.0157. The second kappa shape index (κ2) is 6.12. The summed E-state index contributed by atoms with van der Waals surface area (Å²) in [5.74, 6) is -1.03. The molecule has 0 aliphatic carbocycles. The Labute approximate surface area is 172 Å². The fraction of sp³-hybridized carbons (Fsp3) is 0.182. The summed E-state index contributed by atoms with van der Waals surface area (Å²) < 4.78 is 2.03. The van der Waals surface area contributed by atoms with Crippen LogP contribution in [-0.4, -0.2) is 32.9 Å². The van der Waals surface area contributed by atoms with E-state index in [2.05, 4.69) is 5.32 Å². The van der Waals surface area contributed by atoms with Gasteiger partial charge in [-0.15, -0.1) is 0 Å². The number of amides is 2. The van der Waals surface area contributed by atoms with Gasteiger partial charge in [0.2, 0.25) is 5.91 Å². The average Bonchev–Trinajstić information content (AvgIpc) is 3.13. The van der Waals surface area contributed by atoms with Crippen molar-refractivity contribution in [2.75, 3.05) is 11.9 Å². The standard InChI is InChI=1S/C22H18ClN3O3/c1-11(27)26-10-16-21(22(26)29)19(12-6-7-18(28)14(23)8-12)13-9-25(2)17-5-3-4-15(24-16)20(13)17/h3-9,19,24,28H,10H2,1-2H3/t19-/m0/s1. The summed E-state index contributed by atoms with van der Waals surface area (Å²) in [7, 11) is 1.96. The second-order valence-electron chi connectivity index (χ2n) is 7.47. The number of halogens is 1. The number of carbonyl (C=O) groups excluding carboxylic acids is 2. The highest BCUT2D eigenvalue weighted by Gasteiger charge is 2.41. The molecule has 2 amide bonds. The third kappa shape index (κ3) is 2.49. The number of aromatic hydroxyl groups is 1. The number of aryl methyl sites for hydroxylation is 1. The summed E-state index contributed by atoms with van der Waals surface area (Å²) in [5, 5.41) is 14.5. The van der Waals surface area contributed by atoms with Gasteiger partial charge in [0.25, 0.3) is 5.91 Å². The van der Waals surface area contributed by atoms with Crippen molar-refractivity contribution in [3.8, 4) is 5.75 Å². The normalized spacial score (nSPS) is 18.1. The smallest absolute Gasteiger partial charge is 0.259 e. The maximum absolute atomic E-state index is 13.3. The number of hydrogen-bond donors (Lipinski definition) is 2. The second-order valence-corrected chi connectivity index (χ2v) is 7.87. The van der Waals surface area contributed by atoms with E-state index in [0.717, 1.165) is 27.7 Å².